The molecular weight excluding hydrogens is 710 g/mol. The number of pyridine rings is 1. The van der Waals surface area contributed by atoms with E-state index in [4.69, 9.17) is 4.99 Å². The first-order valence-corrected chi connectivity index (χ1v) is 18.2. The number of hydrogen-bond donors (Lipinski definition) is 3. The maximum atomic E-state index is 14.0. The molecule has 280 valence electrons. The van der Waals surface area contributed by atoms with Crippen LogP contribution in [0.3, 0.4) is 0 Å². The number of rotatable bonds is 8. The minimum absolute atomic E-state index is 0.207. The molecule has 3 aliphatic rings. The number of aliphatic imine (C=N–C) groups is 1. The second-order valence-electron chi connectivity index (χ2n) is 14.0. The number of nitrogens with zero attached hydrogens (tertiary/aromatic N) is 6. The van der Waals surface area contributed by atoms with Crippen LogP contribution < -0.4 is 25.8 Å². The number of anilines is 5. The highest BCUT2D eigenvalue weighted by atomic mass is 19.1. The smallest absolute Gasteiger partial charge is 0.325 e. The van der Waals surface area contributed by atoms with Crippen LogP contribution in [0.15, 0.2) is 126 Å². The molecule has 12 nitrogen and oxygen atoms in total. The number of urea groups is 1. The summed E-state index contributed by atoms with van der Waals surface area (Å²) in [7, 11) is 1.67. The molecule has 4 amide bonds. The molecule has 13 heteroatoms. The third-order valence-electron chi connectivity index (χ3n) is 9.98. The third kappa shape index (κ3) is 7.38. The van der Waals surface area contributed by atoms with Crippen LogP contribution >= 0.6 is 0 Å². The first kappa shape index (κ1) is 36.0. The van der Waals surface area contributed by atoms with E-state index in [1.165, 1.54) is 17.0 Å². The van der Waals surface area contributed by atoms with E-state index in [-0.39, 0.29) is 36.6 Å². The summed E-state index contributed by atoms with van der Waals surface area (Å²) in [4.78, 5) is 62.7. The van der Waals surface area contributed by atoms with Gasteiger partial charge in [-0.1, -0.05) is 54.6 Å². The molecule has 0 bridgehead atoms. The fraction of sp³-hybridized carbons (Fsp3) is 0.186. The van der Waals surface area contributed by atoms with E-state index in [1.54, 1.807) is 54.7 Å². The largest absolute Gasteiger partial charge is 0.330 e. The maximum absolute atomic E-state index is 14.0. The summed E-state index contributed by atoms with van der Waals surface area (Å²) in [5, 5.41) is 9.18. The molecule has 1 unspecified atom stereocenters. The average molecular weight is 748 g/mol. The van der Waals surface area contributed by atoms with Gasteiger partial charge in [0.25, 0.3) is 0 Å². The monoisotopic (exact) mass is 747 g/mol. The predicted molar refractivity (Wildman–Crippen MR) is 213 cm³/mol. The number of hydrogen-bond acceptors (Lipinski definition) is 8. The van der Waals surface area contributed by atoms with Crippen molar-refractivity contribution < 1.29 is 18.8 Å². The molecule has 0 saturated heterocycles. The zero-order chi connectivity index (χ0) is 38.9. The van der Waals surface area contributed by atoms with E-state index in [9.17, 15) is 18.8 Å². The Morgan fingerprint density at radius 2 is 1.77 bits per heavy atom. The number of benzene rings is 3. The number of aryl methyl sites for hydroxylation is 2. The molecule has 3 N–H and O–H groups in total. The first-order chi connectivity index (χ1) is 27.1. The van der Waals surface area contributed by atoms with Crippen molar-refractivity contribution >= 4 is 52.4 Å². The Balaban J connectivity index is 1.01. The van der Waals surface area contributed by atoms with E-state index in [0.717, 1.165) is 33.6 Å². The lowest BCUT2D eigenvalue weighted by molar-refractivity contribution is -0.121. The quantitative estimate of drug-likeness (QED) is 0.156. The van der Waals surface area contributed by atoms with Gasteiger partial charge >= 0.3 is 6.03 Å². The van der Waals surface area contributed by atoms with Gasteiger partial charge in [-0.3, -0.25) is 29.4 Å². The molecule has 2 atom stereocenters. The number of carbonyl (C=O) groups excluding carboxylic acids is 3. The Bertz CT molecular complexity index is 2460. The Kier molecular flexibility index (Phi) is 9.65. The minimum Gasteiger partial charge on any atom is -0.325 e. The fourth-order valence-electron chi connectivity index (χ4n) is 7.02. The van der Waals surface area contributed by atoms with Crippen LogP contribution in [0.1, 0.15) is 34.4 Å². The van der Waals surface area contributed by atoms with Crippen molar-refractivity contribution in [1.82, 2.24) is 20.3 Å². The predicted octanol–water partition coefficient (Wildman–Crippen LogP) is 6.95. The summed E-state index contributed by atoms with van der Waals surface area (Å²) in [6.07, 6.45) is 7.66. The molecule has 5 aromatic rings. The summed E-state index contributed by atoms with van der Waals surface area (Å²) in [6.45, 7) is 4.04. The summed E-state index contributed by atoms with van der Waals surface area (Å²) in [6, 6.07) is 23.8. The van der Waals surface area contributed by atoms with Gasteiger partial charge in [0.15, 0.2) is 0 Å². The van der Waals surface area contributed by atoms with Gasteiger partial charge in [0.2, 0.25) is 17.8 Å². The highest BCUT2D eigenvalue weighted by molar-refractivity contribution is 6.18. The summed E-state index contributed by atoms with van der Waals surface area (Å²) in [5.74, 6) is -0.776. The normalized spacial score (nSPS) is 17.8. The maximum Gasteiger partial charge on any atom is 0.330 e. The average Bonchev–Trinajstić information content (AvgIpc) is 3.33. The van der Waals surface area contributed by atoms with E-state index in [2.05, 4.69) is 30.9 Å². The van der Waals surface area contributed by atoms with E-state index < -0.39 is 12.0 Å². The van der Waals surface area contributed by atoms with Crippen molar-refractivity contribution in [3.8, 4) is 0 Å². The molecule has 0 fully saturated rings. The van der Waals surface area contributed by atoms with E-state index >= 15 is 0 Å². The SMILES string of the molecule is Cc1ccc(Nc2ncc3c(n2)N(C)C(=O)N(c2cc(NC(=O)C4C=C5NC(=O)[C@H](Cc6cccc(F)c6)N=C(c6ccccc6)C5=CC4)ccc2C)C3)cn1. The topological polar surface area (TPSA) is 145 Å². The van der Waals surface area contributed by atoms with Gasteiger partial charge < -0.3 is 16.0 Å². The van der Waals surface area contributed by atoms with Crippen LogP contribution in [0.4, 0.5) is 38.0 Å². The molecule has 2 aliphatic heterocycles. The molecule has 0 radical (unpaired) electrons. The number of amides is 4. The van der Waals surface area contributed by atoms with Crippen molar-refractivity contribution in [3.05, 3.63) is 155 Å². The molecule has 1 aliphatic carbocycles. The standard InChI is InChI=1S/C43H38FN9O3/c1-25-12-15-32(21-37(25)53-24-30-22-46-42(51-39(30)52(3)43(53)56)48-33-16-13-26(2)45-23-33)47-40(54)29-14-17-34-35(20-29)50-41(55)36(19-27-8-7-11-31(44)18-27)49-38(34)28-9-5-4-6-10-28/h4-13,15-18,20-23,29,36H,14,19,24H2,1-3H3,(H,47,54)(H,50,55)(H,46,48,51)/t29?,36-/m0/s1. The zero-order valence-corrected chi connectivity index (χ0v) is 31.0. The van der Waals surface area contributed by atoms with Gasteiger partial charge in [0.05, 0.1) is 35.7 Å². The van der Waals surface area contributed by atoms with E-state index in [1.807, 2.05) is 68.5 Å². The van der Waals surface area contributed by atoms with Crippen molar-refractivity contribution in [1.29, 1.82) is 0 Å². The number of nitrogens with one attached hydrogen (secondary N) is 3. The highest BCUT2D eigenvalue weighted by Crippen LogP contribution is 2.34. The van der Waals surface area contributed by atoms with Crippen LogP contribution in [0.5, 0.6) is 0 Å². The molecule has 4 heterocycles. The Morgan fingerprint density at radius 3 is 2.55 bits per heavy atom. The second kappa shape index (κ2) is 15.0. The Labute approximate surface area is 322 Å². The molecule has 3 aromatic carbocycles. The summed E-state index contributed by atoms with van der Waals surface area (Å²) in [5.41, 5.74) is 7.67. The van der Waals surface area contributed by atoms with E-state index in [0.29, 0.717) is 46.5 Å². The number of fused-ring (bicyclic) bond motifs is 2. The molecular formula is C43H38FN9O3. The molecule has 2 aromatic heterocycles. The minimum atomic E-state index is -0.817. The molecule has 0 spiro atoms. The Morgan fingerprint density at radius 1 is 0.946 bits per heavy atom. The third-order valence-corrected chi connectivity index (χ3v) is 9.98. The second-order valence-corrected chi connectivity index (χ2v) is 14.0. The molecule has 8 rings (SSSR count). The molecule has 56 heavy (non-hydrogen) atoms. The highest BCUT2D eigenvalue weighted by Gasteiger charge is 2.34. The van der Waals surface area contributed by atoms with Gasteiger partial charge in [-0.05, 0) is 73.9 Å². The van der Waals surface area contributed by atoms with Gasteiger partial charge in [0, 0.05) is 53.4 Å². The van der Waals surface area contributed by atoms with Gasteiger partial charge in [-0.2, -0.15) is 4.98 Å². The number of halogens is 1. The number of aromatic nitrogens is 3. The summed E-state index contributed by atoms with van der Waals surface area (Å²) < 4.78 is 14.0. The van der Waals surface area contributed by atoms with Crippen molar-refractivity contribution in [3.63, 3.8) is 0 Å². The lowest BCUT2D eigenvalue weighted by Crippen LogP contribution is -2.46. The fourth-order valence-corrected chi connectivity index (χ4v) is 7.02. The van der Waals surface area contributed by atoms with Crippen LogP contribution in [0.2, 0.25) is 0 Å². The number of carbonyl (C=O) groups is 3. The zero-order valence-electron chi connectivity index (χ0n) is 31.0. The van der Waals surface area contributed by atoms with Gasteiger partial charge in [0.1, 0.15) is 17.7 Å². The lowest BCUT2D eigenvalue weighted by Gasteiger charge is -2.35. The van der Waals surface area contributed by atoms with Gasteiger partial charge in [-0.25, -0.2) is 14.2 Å². The summed E-state index contributed by atoms with van der Waals surface area (Å²) >= 11 is 0. The molecule has 0 saturated carbocycles. The first-order valence-electron chi connectivity index (χ1n) is 18.2. The number of allylic oxidation sites excluding steroid dienone is 2. The Hall–Kier alpha value is -7.02. The van der Waals surface area contributed by atoms with Crippen molar-refractivity contribution in [2.24, 2.45) is 10.9 Å². The van der Waals surface area contributed by atoms with Gasteiger partial charge in [-0.15, -0.1) is 0 Å². The lowest BCUT2D eigenvalue weighted by atomic mass is 9.89. The van der Waals surface area contributed by atoms with Crippen LogP contribution in [0, 0.1) is 25.6 Å². The van der Waals surface area contributed by atoms with Crippen molar-refractivity contribution in [2.75, 3.05) is 27.5 Å². The van der Waals surface area contributed by atoms with Crippen LogP contribution in [-0.2, 0) is 22.6 Å². The van der Waals surface area contributed by atoms with Crippen LogP contribution in [0.25, 0.3) is 0 Å². The van der Waals surface area contributed by atoms with Crippen molar-refractivity contribution in [2.45, 2.75) is 39.3 Å². The van der Waals surface area contributed by atoms with Crippen LogP contribution in [-0.4, -0.2) is 51.6 Å².